The smallest absolute Gasteiger partial charge is 0.147 e. The zero-order valence-electron chi connectivity index (χ0n) is 8.75. The van der Waals surface area contributed by atoms with Crippen molar-refractivity contribution in [1.82, 2.24) is 4.98 Å². The summed E-state index contributed by atoms with van der Waals surface area (Å²) in [6.07, 6.45) is 2.67. The minimum atomic E-state index is 0.591. The summed E-state index contributed by atoms with van der Waals surface area (Å²) in [5.74, 6) is 6.65. The molecule has 0 saturated carbocycles. The first kappa shape index (κ1) is 10.7. The van der Waals surface area contributed by atoms with Crippen molar-refractivity contribution in [3.05, 3.63) is 30.5 Å². The van der Waals surface area contributed by atoms with Crippen molar-refractivity contribution < 1.29 is 0 Å². The van der Waals surface area contributed by atoms with Gasteiger partial charge in [0.1, 0.15) is 5.82 Å². The molecule has 0 aliphatic heterocycles. The normalized spacial score (nSPS) is 10.3. The van der Waals surface area contributed by atoms with Gasteiger partial charge in [-0.05, 0) is 30.0 Å². The summed E-state index contributed by atoms with van der Waals surface area (Å²) < 4.78 is 0. The van der Waals surface area contributed by atoms with E-state index in [0.717, 1.165) is 17.6 Å². The topological polar surface area (TPSA) is 50.9 Å². The molecule has 0 radical (unpaired) electrons. The molecule has 3 nitrogen and oxygen atoms in total. The molecular formula is C11H17N3. The van der Waals surface area contributed by atoms with Crippen LogP contribution in [0.25, 0.3) is 5.57 Å². The van der Waals surface area contributed by atoms with Gasteiger partial charge in [0.05, 0.1) is 0 Å². The average molecular weight is 191 g/mol. The van der Waals surface area contributed by atoms with Gasteiger partial charge in [-0.2, -0.15) is 0 Å². The summed E-state index contributed by atoms with van der Waals surface area (Å²) in [6, 6.07) is 3.87. The van der Waals surface area contributed by atoms with Gasteiger partial charge in [0, 0.05) is 11.8 Å². The van der Waals surface area contributed by atoms with E-state index >= 15 is 0 Å². The monoisotopic (exact) mass is 191 g/mol. The maximum atomic E-state index is 5.37. The van der Waals surface area contributed by atoms with E-state index in [-0.39, 0.29) is 0 Å². The van der Waals surface area contributed by atoms with Crippen LogP contribution in [0.15, 0.2) is 24.9 Å². The number of allylic oxidation sites excluding steroid dienone is 1. The molecule has 0 fully saturated rings. The Balaban J connectivity index is 2.88. The van der Waals surface area contributed by atoms with Crippen molar-refractivity contribution in [1.29, 1.82) is 0 Å². The minimum Gasteiger partial charge on any atom is -0.308 e. The summed E-state index contributed by atoms with van der Waals surface area (Å²) >= 11 is 0. The Morgan fingerprint density at radius 3 is 2.93 bits per heavy atom. The standard InChI is InChI=1S/C11H17N3/c1-8(2)7-9(3)10-5-4-6-13-11(10)14-12/h4-6,8H,3,7,12H2,1-2H3,(H,13,14). The SMILES string of the molecule is C=C(CC(C)C)c1cccnc1NN. The van der Waals surface area contributed by atoms with Crippen molar-refractivity contribution in [3.63, 3.8) is 0 Å². The van der Waals surface area contributed by atoms with E-state index in [0.29, 0.717) is 11.7 Å². The van der Waals surface area contributed by atoms with E-state index in [1.807, 2.05) is 12.1 Å². The van der Waals surface area contributed by atoms with Gasteiger partial charge >= 0.3 is 0 Å². The average Bonchev–Trinajstić information content (AvgIpc) is 2.16. The van der Waals surface area contributed by atoms with Crippen molar-refractivity contribution in [2.24, 2.45) is 11.8 Å². The van der Waals surface area contributed by atoms with Crippen LogP contribution in [0, 0.1) is 5.92 Å². The minimum absolute atomic E-state index is 0.591. The molecule has 0 aromatic carbocycles. The van der Waals surface area contributed by atoms with Gasteiger partial charge in [0.25, 0.3) is 0 Å². The van der Waals surface area contributed by atoms with Crippen LogP contribution in [0.5, 0.6) is 0 Å². The first-order chi connectivity index (χ1) is 6.65. The third-order valence-electron chi connectivity index (χ3n) is 1.98. The highest BCUT2D eigenvalue weighted by Gasteiger charge is 2.06. The predicted molar refractivity (Wildman–Crippen MR) is 60.5 cm³/mol. The Bertz CT molecular complexity index is 318. The maximum absolute atomic E-state index is 5.37. The van der Waals surface area contributed by atoms with Crippen molar-refractivity contribution in [2.75, 3.05) is 5.43 Å². The molecule has 0 saturated heterocycles. The molecule has 1 aromatic rings. The van der Waals surface area contributed by atoms with E-state index < -0.39 is 0 Å². The van der Waals surface area contributed by atoms with Crippen LogP contribution in [0.4, 0.5) is 5.82 Å². The van der Waals surface area contributed by atoms with Gasteiger partial charge in [0.15, 0.2) is 0 Å². The quantitative estimate of drug-likeness (QED) is 0.567. The maximum Gasteiger partial charge on any atom is 0.147 e. The number of rotatable bonds is 4. The van der Waals surface area contributed by atoms with E-state index in [1.165, 1.54) is 0 Å². The van der Waals surface area contributed by atoms with Crippen LogP contribution in [-0.2, 0) is 0 Å². The summed E-state index contributed by atoms with van der Waals surface area (Å²) in [5, 5.41) is 0. The summed E-state index contributed by atoms with van der Waals surface area (Å²) in [5.41, 5.74) is 4.65. The second-order valence-electron chi connectivity index (χ2n) is 3.75. The number of aromatic nitrogens is 1. The lowest BCUT2D eigenvalue weighted by Gasteiger charge is -2.11. The van der Waals surface area contributed by atoms with E-state index in [4.69, 9.17) is 5.84 Å². The summed E-state index contributed by atoms with van der Waals surface area (Å²) in [4.78, 5) is 4.13. The first-order valence-corrected chi connectivity index (χ1v) is 4.75. The predicted octanol–water partition coefficient (Wildman–Crippen LogP) is 2.43. The summed E-state index contributed by atoms with van der Waals surface area (Å²) in [6.45, 7) is 8.37. The van der Waals surface area contributed by atoms with E-state index in [9.17, 15) is 0 Å². The Labute approximate surface area is 85.0 Å². The fourth-order valence-electron chi connectivity index (χ4n) is 1.41. The number of nitrogens with zero attached hydrogens (tertiary/aromatic N) is 1. The van der Waals surface area contributed by atoms with Crippen LogP contribution >= 0.6 is 0 Å². The van der Waals surface area contributed by atoms with Crippen LogP contribution in [0.3, 0.4) is 0 Å². The molecule has 1 heterocycles. The highest BCUT2D eigenvalue weighted by atomic mass is 15.2. The van der Waals surface area contributed by atoms with Crippen LogP contribution < -0.4 is 11.3 Å². The lowest BCUT2D eigenvalue weighted by atomic mass is 9.98. The molecule has 0 amide bonds. The fourth-order valence-corrected chi connectivity index (χ4v) is 1.41. The molecule has 3 heteroatoms. The number of nitrogens with one attached hydrogen (secondary N) is 1. The molecule has 0 unspecified atom stereocenters. The van der Waals surface area contributed by atoms with Gasteiger partial charge in [-0.3, -0.25) is 0 Å². The molecule has 3 N–H and O–H groups in total. The highest BCUT2D eigenvalue weighted by molar-refractivity contribution is 5.72. The van der Waals surface area contributed by atoms with Crippen molar-refractivity contribution >= 4 is 11.4 Å². The second kappa shape index (κ2) is 4.77. The summed E-state index contributed by atoms with van der Waals surface area (Å²) in [7, 11) is 0. The lowest BCUT2D eigenvalue weighted by molar-refractivity contribution is 0.674. The lowest BCUT2D eigenvalue weighted by Crippen LogP contribution is -2.10. The molecule has 0 aliphatic rings. The third kappa shape index (κ3) is 2.57. The van der Waals surface area contributed by atoms with Gasteiger partial charge in [-0.25, -0.2) is 10.8 Å². The number of nitrogen functional groups attached to an aromatic ring is 1. The molecule has 76 valence electrons. The number of hydrogen-bond donors (Lipinski definition) is 2. The Morgan fingerprint density at radius 1 is 1.64 bits per heavy atom. The first-order valence-electron chi connectivity index (χ1n) is 4.75. The van der Waals surface area contributed by atoms with Crippen LogP contribution in [-0.4, -0.2) is 4.98 Å². The number of hydrazine groups is 1. The second-order valence-corrected chi connectivity index (χ2v) is 3.75. The van der Waals surface area contributed by atoms with Gasteiger partial charge < -0.3 is 5.43 Å². The number of anilines is 1. The van der Waals surface area contributed by atoms with E-state index in [2.05, 4.69) is 30.8 Å². The Morgan fingerprint density at radius 2 is 2.36 bits per heavy atom. The van der Waals surface area contributed by atoms with Crippen molar-refractivity contribution in [2.45, 2.75) is 20.3 Å². The zero-order valence-corrected chi connectivity index (χ0v) is 8.75. The molecule has 0 bridgehead atoms. The number of nitrogens with two attached hydrogens (primary N) is 1. The van der Waals surface area contributed by atoms with Crippen molar-refractivity contribution in [3.8, 4) is 0 Å². The highest BCUT2D eigenvalue weighted by Crippen LogP contribution is 2.24. The zero-order chi connectivity index (χ0) is 10.6. The van der Waals surface area contributed by atoms with Crippen LogP contribution in [0.2, 0.25) is 0 Å². The third-order valence-corrected chi connectivity index (χ3v) is 1.98. The largest absolute Gasteiger partial charge is 0.308 e. The molecular weight excluding hydrogens is 174 g/mol. The van der Waals surface area contributed by atoms with E-state index in [1.54, 1.807) is 6.20 Å². The molecule has 1 aromatic heterocycles. The molecule has 0 spiro atoms. The van der Waals surface area contributed by atoms with Crippen LogP contribution in [0.1, 0.15) is 25.8 Å². The molecule has 14 heavy (non-hydrogen) atoms. The molecule has 0 atom stereocenters. The Hall–Kier alpha value is -1.35. The van der Waals surface area contributed by atoms with Gasteiger partial charge in [-0.1, -0.05) is 20.4 Å². The molecule has 1 rings (SSSR count). The Kier molecular flexibility index (Phi) is 3.65. The van der Waals surface area contributed by atoms with Gasteiger partial charge in [-0.15, -0.1) is 0 Å². The fraction of sp³-hybridized carbons (Fsp3) is 0.364. The van der Waals surface area contributed by atoms with Gasteiger partial charge in [0.2, 0.25) is 0 Å². The number of pyridine rings is 1. The molecule has 0 aliphatic carbocycles. The number of hydrogen-bond acceptors (Lipinski definition) is 3.